The highest BCUT2D eigenvalue weighted by Crippen LogP contribution is 2.11. The van der Waals surface area contributed by atoms with Crippen LogP contribution in [-0.2, 0) is 6.54 Å². The third kappa shape index (κ3) is 6.37. The van der Waals surface area contributed by atoms with Crippen LogP contribution in [0.3, 0.4) is 0 Å². The highest BCUT2D eigenvalue weighted by atomic mass is 16.2. The fourth-order valence-electron chi connectivity index (χ4n) is 4.29. The average molecular weight is 485 g/mol. The number of carbonyl (C=O) groups excluding carboxylic acids is 2. The Bertz CT molecular complexity index is 1260. The normalized spacial score (nSPS) is 14.2. The molecule has 0 atom stereocenters. The van der Waals surface area contributed by atoms with E-state index in [2.05, 4.69) is 34.5 Å². The van der Waals surface area contributed by atoms with Gasteiger partial charge in [0.15, 0.2) is 0 Å². The highest BCUT2D eigenvalue weighted by molar-refractivity contribution is 5.99. The van der Waals surface area contributed by atoms with E-state index in [0.717, 1.165) is 30.8 Å². The first kappa shape index (κ1) is 25.1. The maximum Gasteiger partial charge on any atom is 0.259 e. The van der Waals surface area contributed by atoms with Crippen molar-refractivity contribution in [3.8, 4) is 0 Å². The van der Waals surface area contributed by atoms with Crippen molar-refractivity contribution in [1.29, 1.82) is 0 Å². The number of aromatic nitrogens is 1. The number of hydrogen-bond donors (Lipinski definition) is 1. The minimum absolute atomic E-state index is 0.0108. The summed E-state index contributed by atoms with van der Waals surface area (Å²) >= 11 is 0. The second-order valence-electron chi connectivity index (χ2n) is 8.84. The van der Waals surface area contributed by atoms with Gasteiger partial charge in [-0.1, -0.05) is 72.8 Å². The molecule has 0 bridgehead atoms. The van der Waals surface area contributed by atoms with Crippen LogP contribution in [-0.4, -0.2) is 65.4 Å². The molecule has 4 rings (SSSR count). The summed E-state index contributed by atoms with van der Waals surface area (Å²) in [6.07, 6.45) is 7.34. The number of amides is 2. The number of benzene rings is 2. The molecule has 7 nitrogen and oxygen atoms in total. The van der Waals surface area contributed by atoms with Gasteiger partial charge in [-0.25, -0.2) is 0 Å². The van der Waals surface area contributed by atoms with Gasteiger partial charge < -0.3 is 14.8 Å². The topological polar surface area (TPSA) is 74.7 Å². The lowest BCUT2D eigenvalue weighted by Crippen LogP contribution is -2.49. The summed E-state index contributed by atoms with van der Waals surface area (Å²) in [5, 5.41) is 2.69. The van der Waals surface area contributed by atoms with E-state index in [4.69, 9.17) is 0 Å². The van der Waals surface area contributed by atoms with Crippen LogP contribution in [0.15, 0.2) is 83.9 Å². The molecule has 0 unspecified atom stereocenters. The molecular weight excluding hydrogens is 452 g/mol. The first-order valence-electron chi connectivity index (χ1n) is 12.3. The van der Waals surface area contributed by atoms with Crippen LogP contribution < -0.4 is 10.7 Å². The van der Waals surface area contributed by atoms with Gasteiger partial charge in [-0.05, 0) is 18.1 Å². The zero-order chi connectivity index (χ0) is 25.3. The predicted molar refractivity (Wildman–Crippen MR) is 142 cm³/mol. The largest absolute Gasteiger partial charge is 0.352 e. The predicted octanol–water partition coefficient (Wildman–Crippen LogP) is 3.12. The third-order valence-corrected chi connectivity index (χ3v) is 6.23. The molecule has 7 heteroatoms. The minimum Gasteiger partial charge on any atom is -0.352 e. The van der Waals surface area contributed by atoms with Crippen LogP contribution in [0.4, 0.5) is 0 Å². The molecule has 2 heterocycles. The molecular formula is C29H32N4O3. The van der Waals surface area contributed by atoms with Crippen molar-refractivity contribution in [2.24, 2.45) is 0 Å². The van der Waals surface area contributed by atoms with E-state index in [1.807, 2.05) is 48.5 Å². The van der Waals surface area contributed by atoms with E-state index >= 15 is 0 Å². The van der Waals surface area contributed by atoms with Crippen molar-refractivity contribution in [2.75, 3.05) is 39.3 Å². The monoisotopic (exact) mass is 484 g/mol. The van der Waals surface area contributed by atoms with Gasteiger partial charge in [-0.2, -0.15) is 0 Å². The van der Waals surface area contributed by atoms with E-state index in [0.29, 0.717) is 26.2 Å². The fourth-order valence-corrected chi connectivity index (χ4v) is 4.29. The molecule has 1 fully saturated rings. The van der Waals surface area contributed by atoms with E-state index in [1.165, 1.54) is 6.20 Å². The standard InChI is InChI=1S/C29H32N4O3/c1-2-30-28(35)25-21-32(20-24-12-7-4-8-13-24)22-26(27(25)34)29(36)33-18-16-31(17-19-33)15-9-14-23-10-5-3-6-11-23/h3-14,21-22H,2,15-20H2,1H3,(H,30,35)/b14-9+. The van der Waals surface area contributed by atoms with Crippen LogP contribution in [0.25, 0.3) is 6.08 Å². The minimum atomic E-state index is -0.525. The lowest BCUT2D eigenvalue weighted by molar-refractivity contribution is 0.0648. The quantitative estimate of drug-likeness (QED) is 0.533. The van der Waals surface area contributed by atoms with Crippen LogP contribution >= 0.6 is 0 Å². The van der Waals surface area contributed by atoms with Crippen molar-refractivity contribution in [2.45, 2.75) is 13.5 Å². The second-order valence-corrected chi connectivity index (χ2v) is 8.84. The maximum absolute atomic E-state index is 13.4. The van der Waals surface area contributed by atoms with Crippen molar-refractivity contribution in [1.82, 2.24) is 19.7 Å². The van der Waals surface area contributed by atoms with Gasteiger partial charge in [-0.15, -0.1) is 0 Å². The molecule has 186 valence electrons. The summed E-state index contributed by atoms with van der Waals surface area (Å²) in [4.78, 5) is 43.2. The zero-order valence-corrected chi connectivity index (χ0v) is 20.6. The van der Waals surface area contributed by atoms with Crippen LogP contribution in [0.1, 0.15) is 38.8 Å². The summed E-state index contributed by atoms with van der Waals surface area (Å²) in [6, 6.07) is 19.9. The van der Waals surface area contributed by atoms with Gasteiger partial charge in [0.2, 0.25) is 5.43 Å². The first-order valence-corrected chi connectivity index (χ1v) is 12.3. The molecule has 0 saturated carbocycles. The molecule has 3 aromatic rings. The Morgan fingerprint density at radius 2 is 1.53 bits per heavy atom. The molecule has 1 aliphatic rings. The van der Waals surface area contributed by atoms with Gasteiger partial charge >= 0.3 is 0 Å². The van der Waals surface area contributed by atoms with Crippen LogP contribution in [0.2, 0.25) is 0 Å². The van der Waals surface area contributed by atoms with Crippen molar-refractivity contribution < 1.29 is 9.59 Å². The Hall–Kier alpha value is -3.97. The summed E-state index contributed by atoms with van der Waals surface area (Å²) in [7, 11) is 0. The maximum atomic E-state index is 13.4. The number of carbonyl (C=O) groups is 2. The van der Waals surface area contributed by atoms with Gasteiger partial charge in [0.05, 0.1) is 0 Å². The zero-order valence-electron chi connectivity index (χ0n) is 20.6. The van der Waals surface area contributed by atoms with Gasteiger partial charge in [0.25, 0.3) is 11.8 Å². The van der Waals surface area contributed by atoms with Gasteiger partial charge in [0, 0.05) is 58.2 Å². The highest BCUT2D eigenvalue weighted by Gasteiger charge is 2.26. The molecule has 1 saturated heterocycles. The number of pyridine rings is 1. The van der Waals surface area contributed by atoms with Crippen molar-refractivity contribution in [3.63, 3.8) is 0 Å². The molecule has 1 N–H and O–H groups in total. The third-order valence-electron chi connectivity index (χ3n) is 6.23. The van der Waals surface area contributed by atoms with Gasteiger partial charge in [0.1, 0.15) is 11.1 Å². The molecule has 36 heavy (non-hydrogen) atoms. The molecule has 1 aliphatic heterocycles. The number of piperazine rings is 1. The average Bonchev–Trinajstić information content (AvgIpc) is 2.91. The molecule has 2 amide bonds. The van der Waals surface area contributed by atoms with E-state index in [9.17, 15) is 14.4 Å². The Morgan fingerprint density at radius 3 is 2.19 bits per heavy atom. The van der Waals surface area contributed by atoms with Crippen LogP contribution in [0.5, 0.6) is 0 Å². The number of rotatable bonds is 8. The fraction of sp³-hybridized carbons (Fsp3) is 0.276. The Labute approximate surface area is 211 Å². The Balaban J connectivity index is 1.47. The lowest BCUT2D eigenvalue weighted by atomic mass is 10.1. The number of nitrogens with one attached hydrogen (secondary N) is 1. The first-order chi connectivity index (χ1) is 17.5. The van der Waals surface area contributed by atoms with E-state index < -0.39 is 11.3 Å². The number of hydrogen-bond acceptors (Lipinski definition) is 4. The van der Waals surface area contributed by atoms with E-state index in [1.54, 1.807) is 22.6 Å². The second kappa shape index (κ2) is 12.1. The summed E-state index contributed by atoms with van der Waals surface area (Å²) in [5.74, 6) is -0.790. The molecule has 2 aromatic carbocycles. The van der Waals surface area contributed by atoms with Crippen LogP contribution in [0, 0.1) is 0 Å². The lowest BCUT2D eigenvalue weighted by Gasteiger charge is -2.34. The summed E-state index contributed by atoms with van der Waals surface area (Å²) in [6.45, 7) is 5.95. The number of nitrogens with zero attached hydrogens (tertiary/aromatic N) is 3. The Kier molecular flexibility index (Phi) is 8.47. The van der Waals surface area contributed by atoms with Crippen molar-refractivity contribution in [3.05, 3.63) is 112 Å². The summed E-state index contributed by atoms with van der Waals surface area (Å²) < 4.78 is 1.75. The van der Waals surface area contributed by atoms with Crippen molar-refractivity contribution >= 4 is 17.9 Å². The SMILES string of the molecule is CCNC(=O)c1cn(Cc2ccccc2)cc(C(=O)N2CCN(C/C=C/c3ccccc3)CC2)c1=O. The summed E-state index contributed by atoms with van der Waals surface area (Å²) in [5.41, 5.74) is 1.67. The Morgan fingerprint density at radius 1 is 0.889 bits per heavy atom. The molecule has 1 aromatic heterocycles. The van der Waals surface area contributed by atoms with Gasteiger partial charge in [-0.3, -0.25) is 19.3 Å². The molecule has 0 radical (unpaired) electrons. The molecule has 0 aliphatic carbocycles. The molecule has 0 spiro atoms. The van der Waals surface area contributed by atoms with E-state index in [-0.39, 0.29) is 17.0 Å². The smallest absolute Gasteiger partial charge is 0.259 e.